The van der Waals surface area contributed by atoms with Gasteiger partial charge in [0.1, 0.15) is 24.4 Å². The van der Waals surface area contributed by atoms with Crippen molar-refractivity contribution >= 4 is 0 Å². The number of nitrogens with two attached hydrogens (primary N) is 1. The maximum atomic E-state index is 9.86. The van der Waals surface area contributed by atoms with Gasteiger partial charge in [-0.3, -0.25) is 0 Å². The van der Waals surface area contributed by atoms with E-state index in [0.29, 0.717) is 0 Å². The molecule has 0 amide bonds. The van der Waals surface area contributed by atoms with E-state index in [2.05, 4.69) is 0 Å². The Morgan fingerprint density at radius 2 is 1.74 bits per heavy atom. The summed E-state index contributed by atoms with van der Waals surface area (Å²) in [6.45, 7) is -0.457. The number of aliphatic hydroxyl groups excluding tert-OH is 4. The van der Waals surface area contributed by atoms with Crippen molar-refractivity contribution in [2.24, 2.45) is 5.73 Å². The lowest BCUT2D eigenvalue weighted by atomic mass is 9.93. The SMILES string of the molecule is N[C@@H]1CCCC[C@H]1O[C@H]1O[C@H](CO)[C@@H](O)[C@H](O)[C@H]1O. The Balaban J connectivity index is 1.98. The third kappa shape index (κ3) is 3.25. The van der Waals surface area contributed by atoms with E-state index in [9.17, 15) is 15.3 Å². The normalized spacial score (nSPS) is 48.2. The second kappa shape index (κ2) is 6.45. The summed E-state index contributed by atoms with van der Waals surface area (Å²) in [4.78, 5) is 0. The number of aliphatic hydroxyl groups is 4. The van der Waals surface area contributed by atoms with Gasteiger partial charge in [-0.15, -0.1) is 0 Å². The van der Waals surface area contributed by atoms with Crippen LogP contribution in [0.4, 0.5) is 0 Å². The fraction of sp³-hybridized carbons (Fsp3) is 1.00. The topological polar surface area (TPSA) is 125 Å². The highest BCUT2D eigenvalue weighted by Gasteiger charge is 2.45. The molecule has 7 atom stereocenters. The first-order valence-electron chi connectivity index (χ1n) is 6.76. The van der Waals surface area contributed by atoms with Gasteiger partial charge in [0.2, 0.25) is 0 Å². The molecule has 1 aliphatic carbocycles. The maximum Gasteiger partial charge on any atom is 0.187 e. The van der Waals surface area contributed by atoms with Crippen molar-refractivity contribution < 1.29 is 29.9 Å². The first-order valence-corrected chi connectivity index (χ1v) is 6.76. The van der Waals surface area contributed by atoms with E-state index in [-0.39, 0.29) is 12.1 Å². The Labute approximate surface area is 111 Å². The molecule has 0 spiro atoms. The van der Waals surface area contributed by atoms with Crippen LogP contribution >= 0.6 is 0 Å². The maximum absolute atomic E-state index is 9.86. The van der Waals surface area contributed by atoms with Crippen molar-refractivity contribution in [2.45, 2.75) is 68.5 Å². The number of ether oxygens (including phenoxy) is 2. The lowest BCUT2D eigenvalue weighted by Gasteiger charge is -2.42. The first-order chi connectivity index (χ1) is 9.04. The Kier molecular flexibility index (Phi) is 5.13. The van der Waals surface area contributed by atoms with E-state index in [4.69, 9.17) is 20.3 Å². The second-order valence-corrected chi connectivity index (χ2v) is 5.32. The van der Waals surface area contributed by atoms with Crippen molar-refractivity contribution in [1.82, 2.24) is 0 Å². The summed E-state index contributed by atoms with van der Waals surface area (Å²) in [6, 6.07) is -0.124. The minimum Gasteiger partial charge on any atom is -0.394 e. The van der Waals surface area contributed by atoms with Gasteiger partial charge in [0.05, 0.1) is 12.7 Å². The standard InChI is InChI=1S/C12H23NO6/c13-6-3-1-2-4-7(6)18-12-11(17)10(16)9(15)8(5-14)19-12/h6-12,14-17H,1-5,13H2/t6-,7-,8-,9-,10+,11-,12+/m1/s1. The predicted octanol–water partition coefficient (Wildman–Crippen LogP) is -1.93. The van der Waals surface area contributed by atoms with Crippen LogP contribution in [0, 0.1) is 0 Å². The number of rotatable bonds is 3. The van der Waals surface area contributed by atoms with Crippen LogP contribution in [0.15, 0.2) is 0 Å². The Morgan fingerprint density at radius 3 is 2.37 bits per heavy atom. The molecule has 7 nitrogen and oxygen atoms in total. The third-order valence-electron chi connectivity index (χ3n) is 3.91. The molecule has 2 fully saturated rings. The summed E-state index contributed by atoms with van der Waals surface area (Å²) in [5.41, 5.74) is 5.95. The molecule has 1 saturated carbocycles. The van der Waals surface area contributed by atoms with E-state index >= 15 is 0 Å². The van der Waals surface area contributed by atoms with Crippen LogP contribution in [-0.2, 0) is 9.47 Å². The summed E-state index contributed by atoms with van der Waals surface area (Å²) in [7, 11) is 0. The summed E-state index contributed by atoms with van der Waals surface area (Å²) in [5.74, 6) is 0. The fourth-order valence-corrected chi connectivity index (χ4v) is 2.65. The van der Waals surface area contributed by atoms with Crippen molar-refractivity contribution in [1.29, 1.82) is 0 Å². The van der Waals surface area contributed by atoms with Gasteiger partial charge in [-0.1, -0.05) is 12.8 Å². The van der Waals surface area contributed by atoms with Crippen LogP contribution < -0.4 is 5.73 Å². The third-order valence-corrected chi connectivity index (χ3v) is 3.91. The number of hydrogen-bond donors (Lipinski definition) is 5. The molecule has 0 aromatic rings. The second-order valence-electron chi connectivity index (χ2n) is 5.32. The zero-order valence-electron chi connectivity index (χ0n) is 10.8. The zero-order chi connectivity index (χ0) is 14.0. The quantitative estimate of drug-likeness (QED) is 0.407. The van der Waals surface area contributed by atoms with Crippen molar-refractivity contribution in [2.75, 3.05) is 6.61 Å². The van der Waals surface area contributed by atoms with Crippen molar-refractivity contribution in [3.63, 3.8) is 0 Å². The van der Waals surface area contributed by atoms with E-state index in [1.54, 1.807) is 0 Å². The first kappa shape index (κ1) is 15.1. The zero-order valence-corrected chi connectivity index (χ0v) is 10.8. The highest BCUT2D eigenvalue weighted by atomic mass is 16.7. The Bertz CT molecular complexity index is 289. The van der Waals surface area contributed by atoms with E-state index in [1.165, 1.54) is 0 Å². The molecule has 2 aliphatic rings. The molecule has 0 radical (unpaired) electrons. The molecular weight excluding hydrogens is 254 g/mol. The molecule has 0 aromatic carbocycles. The number of hydrogen-bond acceptors (Lipinski definition) is 7. The molecule has 0 unspecified atom stereocenters. The molecule has 112 valence electrons. The molecule has 1 heterocycles. The monoisotopic (exact) mass is 277 g/mol. The largest absolute Gasteiger partial charge is 0.394 e. The van der Waals surface area contributed by atoms with Gasteiger partial charge >= 0.3 is 0 Å². The average molecular weight is 277 g/mol. The van der Waals surface area contributed by atoms with Gasteiger partial charge < -0.3 is 35.6 Å². The summed E-state index contributed by atoms with van der Waals surface area (Å²) >= 11 is 0. The van der Waals surface area contributed by atoms with Gasteiger partial charge in [-0.2, -0.15) is 0 Å². The fourth-order valence-electron chi connectivity index (χ4n) is 2.65. The van der Waals surface area contributed by atoms with Crippen LogP contribution in [-0.4, -0.2) is 69.9 Å². The minimum absolute atomic E-state index is 0.124. The molecule has 2 rings (SSSR count). The van der Waals surface area contributed by atoms with Crippen molar-refractivity contribution in [3.8, 4) is 0 Å². The molecule has 6 N–H and O–H groups in total. The summed E-state index contributed by atoms with van der Waals surface area (Å²) < 4.78 is 10.9. The van der Waals surface area contributed by atoms with Gasteiger partial charge in [0.25, 0.3) is 0 Å². The molecule has 1 aliphatic heterocycles. The summed E-state index contributed by atoms with van der Waals surface area (Å²) in [6.07, 6.45) is -2.71. The van der Waals surface area contributed by atoms with Crippen molar-refractivity contribution in [3.05, 3.63) is 0 Å². The van der Waals surface area contributed by atoms with Crippen LogP contribution in [0.1, 0.15) is 25.7 Å². The lowest BCUT2D eigenvalue weighted by Crippen LogP contribution is -2.60. The van der Waals surface area contributed by atoms with Gasteiger partial charge in [-0.25, -0.2) is 0 Å². The van der Waals surface area contributed by atoms with Crippen LogP contribution in [0.3, 0.4) is 0 Å². The Morgan fingerprint density at radius 1 is 1.05 bits per heavy atom. The molecule has 19 heavy (non-hydrogen) atoms. The highest BCUT2D eigenvalue weighted by molar-refractivity contribution is 4.90. The van der Waals surface area contributed by atoms with Gasteiger partial charge in [-0.05, 0) is 12.8 Å². The van der Waals surface area contributed by atoms with Crippen LogP contribution in [0.5, 0.6) is 0 Å². The lowest BCUT2D eigenvalue weighted by molar-refractivity contribution is -0.314. The van der Waals surface area contributed by atoms with E-state index in [1.807, 2.05) is 0 Å². The molecule has 7 heteroatoms. The molecule has 1 saturated heterocycles. The average Bonchev–Trinajstić information content (AvgIpc) is 2.41. The minimum atomic E-state index is -1.41. The Hall–Kier alpha value is -0.280. The van der Waals surface area contributed by atoms with Gasteiger partial charge in [0, 0.05) is 6.04 Å². The predicted molar refractivity (Wildman–Crippen MR) is 65.1 cm³/mol. The molecular formula is C12H23NO6. The van der Waals surface area contributed by atoms with E-state index in [0.717, 1.165) is 25.7 Å². The highest BCUT2D eigenvalue weighted by Crippen LogP contribution is 2.27. The summed E-state index contributed by atoms with van der Waals surface area (Å²) in [5, 5.41) is 38.3. The van der Waals surface area contributed by atoms with Gasteiger partial charge in [0.15, 0.2) is 6.29 Å². The smallest absolute Gasteiger partial charge is 0.187 e. The molecule has 0 aromatic heterocycles. The molecule has 0 bridgehead atoms. The van der Waals surface area contributed by atoms with E-state index < -0.39 is 37.3 Å². The van der Waals surface area contributed by atoms with Crippen LogP contribution in [0.25, 0.3) is 0 Å². The van der Waals surface area contributed by atoms with Crippen LogP contribution in [0.2, 0.25) is 0 Å².